The largest absolute Gasteiger partial charge is 0.436 e. The molecule has 1 N–H and O–H groups in total. The van der Waals surface area contributed by atoms with Gasteiger partial charge in [0.25, 0.3) is 5.91 Å². The van der Waals surface area contributed by atoms with Crippen LogP contribution in [-0.2, 0) is 0 Å². The number of aryl methyl sites for hydroxylation is 1. The number of hydrogen-bond acceptors (Lipinski definition) is 3. The lowest BCUT2D eigenvalue weighted by Gasteiger charge is -2.05. The van der Waals surface area contributed by atoms with Crippen LogP contribution in [0.2, 0.25) is 5.02 Å². The number of nitrogens with zero attached hydrogens (tertiary/aromatic N) is 1. The lowest BCUT2D eigenvalue weighted by atomic mass is 10.1. The number of amides is 1. The minimum atomic E-state index is -0.173. The van der Waals surface area contributed by atoms with Gasteiger partial charge in [-0.25, -0.2) is 4.98 Å². The Morgan fingerprint density at radius 1 is 1.07 bits per heavy atom. The molecule has 4 nitrogen and oxygen atoms in total. The third-order valence-corrected chi connectivity index (χ3v) is 4.94. The standard InChI is InChI=1S/C21H14BrClN2O2/c1-12-2-4-13(5-3-12)20(26)24-15-7-9-19-18(11-15)25-21(27-19)16-10-14(22)6-8-17(16)23/h2-11H,1H3,(H,24,26). The van der Waals surface area contributed by atoms with Gasteiger partial charge in [-0.05, 0) is 55.5 Å². The van der Waals surface area contributed by atoms with Gasteiger partial charge in [-0.2, -0.15) is 0 Å². The number of nitrogens with one attached hydrogen (secondary N) is 1. The fourth-order valence-corrected chi connectivity index (χ4v) is 3.25. The number of hydrogen-bond donors (Lipinski definition) is 1. The van der Waals surface area contributed by atoms with Gasteiger partial charge in [-0.15, -0.1) is 0 Å². The van der Waals surface area contributed by atoms with Crippen molar-refractivity contribution < 1.29 is 9.21 Å². The van der Waals surface area contributed by atoms with Crippen LogP contribution in [-0.4, -0.2) is 10.9 Å². The van der Waals surface area contributed by atoms with Crippen molar-refractivity contribution >= 4 is 50.2 Å². The van der Waals surface area contributed by atoms with E-state index in [4.69, 9.17) is 16.0 Å². The summed E-state index contributed by atoms with van der Waals surface area (Å²) in [5.74, 6) is 0.256. The number of anilines is 1. The maximum atomic E-state index is 12.4. The summed E-state index contributed by atoms with van der Waals surface area (Å²) in [4.78, 5) is 16.9. The molecule has 0 atom stereocenters. The first-order chi connectivity index (χ1) is 13.0. The predicted octanol–water partition coefficient (Wildman–Crippen LogP) is 6.47. The fourth-order valence-electron chi connectivity index (χ4n) is 2.69. The van der Waals surface area contributed by atoms with Crippen molar-refractivity contribution in [2.75, 3.05) is 5.32 Å². The number of aromatic nitrogens is 1. The molecule has 134 valence electrons. The second-order valence-electron chi connectivity index (χ2n) is 6.15. The lowest BCUT2D eigenvalue weighted by molar-refractivity contribution is 0.102. The molecule has 4 aromatic rings. The average Bonchev–Trinajstić information content (AvgIpc) is 3.07. The topological polar surface area (TPSA) is 55.1 Å². The number of carbonyl (C=O) groups excluding carboxylic acids is 1. The van der Waals surface area contributed by atoms with Gasteiger partial charge in [0.1, 0.15) is 5.52 Å². The van der Waals surface area contributed by atoms with E-state index in [1.54, 1.807) is 36.4 Å². The minimum Gasteiger partial charge on any atom is -0.436 e. The highest BCUT2D eigenvalue weighted by Gasteiger charge is 2.13. The Morgan fingerprint density at radius 2 is 1.85 bits per heavy atom. The van der Waals surface area contributed by atoms with E-state index in [-0.39, 0.29) is 5.91 Å². The van der Waals surface area contributed by atoms with E-state index in [2.05, 4.69) is 26.2 Å². The molecule has 0 aliphatic heterocycles. The van der Waals surface area contributed by atoms with Crippen LogP contribution in [0.25, 0.3) is 22.6 Å². The lowest BCUT2D eigenvalue weighted by Crippen LogP contribution is -2.11. The summed E-state index contributed by atoms with van der Waals surface area (Å²) in [5.41, 5.74) is 4.31. The third kappa shape index (κ3) is 3.75. The molecule has 1 amide bonds. The molecule has 1 aromatic heterocycles. The minimum absolute atomic E-state index is 0.173. The molecule has 0 unspecified atom stereocenters. The molecule has 27 heavy (non-hydrogen) atoms. The highest BCUT2D eigenvalue weighted by molar-refractivity contribution is 9.10. The SMILES string of the molecule is Cc1ccc(C(=O)Nc2ccc3oc(-c4cc(Br)ccc4Cl)nc3c2)cc1. The zero-order chi connectivity index (χ0) is 19.0. The summed E-state index contributed by atoms with van der Waals surface area (Å²) in [6.45, 7) is 1.98. The number of carbonyl (C=O) groups is 1. The van der Waals surface area contributed by atoms with Crippen molar-refractivity contribution in [3.05, 3.63) is 81.3 Å². The molecule has 0 fully saturated rings. The van der Waals surface area contributed by atoms with Gasteiger partial charge in [0, 0.05) is 15.7 Å². The molecule has 0 aliphatic carbocycles. The van der Waals surface area contributed by atoms with Crippen molar-refractivity contribution in [2.45, 2.75) is 6.92 Å². The van der Waals surface area contributed by atoms with Crippen LogP contribution in [0.4, 0.5) is 5.69 Å². The molecule has 0 radical (unpaired) electrons. The maximum Gasteiger partial charge on any atom is 0.255 e. The molecular formula is C21H14BrClN2O2. The van der Waals surface area contributed by atoms with Gasteiger partial charge < -0.3 is 9.73 Å². The van der Waals surface area contributed by atoms with Gasteiger partial charge in [0.05, 0.1) is 10.6 Å². The normalized spacial score (nSPS) is 10.9. The number of halogens is 2. The molecular weight excluding hydrogens is 428 g/mol. The number of oxazole rings is 1. The first-order valence-corrected chi connectivity index (χ1v) is 9.41. The first kappa shape index (κ1) is 17.8. The highest BCUT2D eigenvalue weighted by Crippen LogP contribution is 2.33. The van der Waals surface area contributed by atoms with Crippen molar-refractivity contribution in [1.29, 1.82) is 0 Å². The summed E-state index contributed by atoms with van der Waals surface area (Å²) in [5, 5.41) is 3.44. The molecule has 0 spiro atoms. The summed E-state index contributed by atoms with van der Waals surface area (Å²) < 4.78 is 6.70. The van der Waals surface area contributed by atoms with Crippen LogP contribution in [0.3, 0.4) is 0 Å². The van der Waals surface area contributed by atoms with E-state index in [0.29, 0.717) is 38.8 Å². The molecule has 4 rings (SSSR count). The third-order valence-electron chi connectivity index (χ3n) is 4.12. The summed E-state index contributed by atoms with van der Waals surface area (Å²) in [7, 11) is 0. The monoisotopic (exact) mass is 440 g/mol. The summed E-state index contributed by atoms with van der Waals surface area (Å²) in [6, 6.07) is 18.2. The van der Waals surface area contributed by atoms with Crippen molar-refractivity contribution in [3.63, 3.8) is 0 Å². The second kappa shape index (κ2) is 7.18. The Labute approximate surface area is 169 Å². The Balaban J connectivity index is 1.64. The van der Waals surface area contributed by atoms with E-state index < -0.39 is 0 Å². The van der Waals surface area contributed by atoms with E-state index in [9.17, 15) is 4.79 Å². The zero-order valence-electron chi connectivity index (χ0n) is 14.3. The molecule has 1 heterocycles. The van der Waals surface area contributed by atoms with Crippen LogP contribution in [0.15, 0.2) is 69.6 Å². The van der Waals surface area contributed by atoms with Crippen molar-refractivity contribution in [1.82, 2.24) is 4.98 Å². The first-order valence-electron chi connectivity index (χ1n) is 8.23. The van der Waals surface area contributed by atoms with Gasteiger partial charge in [0.2, 0.25) is 5.89 Å². The molecule has 0 aliphatic rings. The number of fused-ring (bicyclic) bond motifs is 1. The second-order valence-corrected chi connectivity index (χ2v) is 7.47. The van der Waals surface area contributed by atoms with Crippen LogP contribution < -0.4 is 5.32 Å². The summed E-state index contributed by atoms with van der Waals surface area (Å²) in [6.07, 6.45) is 0. The van der Waals surface area contributed by atoms with Gasteiger partial charge in [-0.3, -0.25) is 4.79 Å². The van der Waals surface area contributed by atoms with E-state index in [0.717, 1.165) is 10.0 Å². The summed E-state index contributed by atoms with van der Waals surface area (Å²) >= 11 is 9.69. The van der Waals surface area contributed by atoms with Crippen LogP contribution in [0.5, 0.6) is 0 Å². The van der Waals surface area contributed by atoms with Gasteiger partial charge >= 0.3 is 0 Å². The molecule has 6 heteroatoms. The Morgan fingerprint density at radius 3 is 2.63 bits per heavy atom. The number of rotatable bonds is 3. The van der Waals surface area contributed by atoms with E-state index in [1.807, 2.05) is 31.2 Å². The molecule has 3 aromatic carbocycles. The fraction of sp³-hybridized carbons (Fsp3) is 0.0476. The number of benzene rings is 3. The smallest absolute Gasteiger partial charge is 0.255 e. The van der Waals surface area contributed by atoms with Gasteiger partial charge in [-0.1, -0.05) is 45.2 Å². The zero-order valence-corrected chi connectivity index (χ0v) is 16.6. The Hall–Kier alpha value is -2.63. The van der Waals surface area contributed by atoms with Crippen LogP contribution in [0.1, 0.15) is 15.9 Å². The Bertz CT molecular complexity index is 1150. The Kier molecular flexibility index (Phi) is 4.72. The maximum absolute atomic E-state index is 12.4. The quantitative estimate of drug-likeness (QED) is 0.396. The van der Waals surface area contributed by atoms with E-state index >= 15 is 0 Å². The van der Waals surface area contributed by atoms with Crippen LogP contribution in [0, 0.1) is 6.92 Å². The molecule has 0 saturated carbocycles. The van der Waals surface area contributed by atoms with E-state index in [1.165, 1.54) is 0 Å². The van der Waals surface area contributed by atoms with Crippen LogP contribution >= 0.6 is 27.5 Å². The van der Waals surface area contributed by atoms with Crippen molar-refractivity contribution in [3.8, 4) is 11.5 Å². The average molecular weight is 442 g/mol. The highest BCUT2D eigenvalue weighted by atomic mass is 79.9. The molecule has 0 saturated heterocycles. The van der Waals surface area contributed by atoms with Crippen molar-refractivity contribution in [2.24, 2.45) is 0 Å². The predicted molar refractivity (Wildman–Crippen MR) is 111 cm³/mol. The van der Waals surface area contributed by atoms with Gasteiger partial charge in [0.15, 0.2) is 5.58 Å². The molecule has 0 bridgehead atoms.